The summed E-state index contributed by atoms with van der Waals surface area (Å²) in [6.07, 6.45) is 2.56. The molecule has 0 aromatic heterocycles. The van der Waals surface area contributed by atoms with Gasteiger partial charge in [0.1, 0.15) is 5.82 Å². The average Bonchev–Trinajstić information content (AvgIpc) is 2.99. The van der Waals surface area contributed by atoms with Gasteiger partial charge in [0.15, 0.2) is 0 Å². The molecule has 1 fully saturated rings. The molecule has 88 valence electrons. The summed E-state index contributed by atoms with van der Waals surface area (Å²) in [5.41, 5.74) is 1.16. The molecule has 16 heavy (non-hydrogen) atoms. The van der Waals surface area contributed by atoms with Crippen LogP contribution >= 0.6 is 15.9 Å². The molecule has 1 aliphatic rings. The van der Waals surface area contributed by atoms with Crippen molar-refractivity contribution < 1.29 is 4.39 Å². The zero-order valence-electron chi connectivity index (χ0n) is 9.69. The minimum absolute atomic E-state index is 0.135. The Labute approximate surface area is 105 Å². The molecule has 1 aromatic carbocycles. The lowest BCUT2D eigenvalue weighted by molar-refractivity contribution is 0.377. The molecule has 1 nitrogen and oxygen atoms in total. The first-order valence-electron chi connectivity index (χ1n) is 5.68. The van der Waals surface area contributed by atoms with Gasteiger partial charge < -0.3 is 5.32 Å². The summed E-state index contributed by atoms with van der Waals surface area (Å²) in [7, 11) is 0. The maximum absolute atomic E-state index is 13.5. The van der Waals surface area contributed by atoms with Crippen LogP contribution in [0.4, 0.5) is 4.39 Å². The second-order valence-electron chi connectivity index (χ2n) is 4.99. The van der Waals surface area contributed by atoms with E-state index in [1.165, 1.54) is 18.9 Å². The largest absolute Gasteiger partial charge is 0.310 e. The van der Waals surface area contributed by atoms with Crippen LogP contribution < -0.4 is 5.32 Å². The summed E-state index contributed by atoms with van der Waals surface area (Å²) >= 11 is 3.36. The van der Waals surface area contributed by atoms with E-state index in [0.717, 1.165) is 10.0 Å². The summed E-state index contributed by atoms with van der Waals surface area (Å²) < 4.78 is 14.4. The lowest BCUT2D eigenvalue weighted by Gasteiger charge is -2.20. The Morgan fingerprint density at radius 1 is 1.50 bits per heavy atom. The summed E-state index contributed by atoms with van der Waals surface area (Å²) in [6, 6.07) is 5.52. The highest BCUT2D eigenvalue weighted by atomic mass is 79.9. The van der Waals surface area contributed by atoms with Gasteiger partial charge in [-0.05, 0) is 43.4 Å². The van der Waals surface area contributed by atoms with Gasteiger partial charge in [0, 0.05) is 22.6 Å². The molecule has 1 aliphatic carbocycles. The molecule has 1 saturated carbocycles. The Hall–Kier alpha value is -0.410. The number of halogens is 2. The first kappa shape index (κ1) is 12.1. The Kier molecular flexibility index (Phi) is 3.36. The van der Waals surface area contributed by atoms with Crippen molar-refractivity contribution in [3.8, 4) is 0 Å². The van der Waals surface area contributed by atoms with Crippen molar-refractivity contribution in [1.29, 1.82) is 0 Å². The predicted octanol–water partition coefficient (Wildman–Crippen LogP) is 3.87. The molecule has 1 atom stereocenters. The molecule has 0 bridgehead atoms. The highest BCUT2D eigenvalue weighted by molar-refractivity contribution is 9.10. The molecule has 1 aromatic rings. The lowest BCUT2D eigenvalue weighted by atomic mass is 10.0. The van der Waals surface area contributed by atoms with E-state index in [4.69, 9.17) is 0 Å². The van der Waals surface area contributed by atoms with E-state index in [-0.39, 0.29) is 5.82 Å². The monoisotopic (exact) mass is 285 g/mol. The molecule has 2 rings (SSSR count). The Balaban J connectivity index is 1.96. The minimum atomic E-state index is -0.135. The third-order valence-corrected chi connectivity index (χ3v) is 4.18. The molecule has 0 heterocycles. The van der Waals surface area contributed by atoms with Gasteiger partial charge >= 0.3 is 0 Å². The van der Waals surface area contributed by atoms with E-state index >= 15 is 0 Å². The molecule has 0 radical (unpaired) electrons. The summed E-state index contributed by atoms with van der Waals surface area (Å²) in [5.74, 6) is -0.135. The van der Waals surface area contributed by atoms with Crippen LogP contribution in [0.25, 0.3) is 0 Å². The van der Waals surface area contributed by atoms with E-state index in [1.807, 2.05) is 6.07 Å². The fourth-order valence-corrected chi connectivity index (χ4v) is 2.23. The van der Waals surface area contributed by atoms with E-state index in [1.54, 1.807) is 6.07 Å². The van der Waals surface area contributed by atoms with Crippen LogP contribution in [0.3, 0.4) is 0 Å². The van der Waals surface area contributed by atoms with Crippen molar-refractivity contribution in [2.45, 2.75) is 39.3 Å². The van der Waals surface area contributed by atoms with Crippen molar-refractivity contribution in [2.75, 3.05) is 0 Å². The normalized spacial score (nSPS) is 19.5. The number of hydrogen-bond donors (Lipinski definition) is 1. The second kappa shape index (κ2) is 4.46. The van der Waals surface area contributed by atoms with E-state index in [9.17, 15) is 4.39 Å². The van der Waals surface area contributed by atoms with Crippen molar-refractivity contribution in [1.82, 2.24) is 5.32 Å². The number of benzene rings is 1. The van der Waals surface area contributed by atoms with Crippen LogP contribution in [-0.4, -0.2) is 6.04 Å². The average molecular weight is 286 g/mol. The minimum Gasteiger partial charge on any atom is -0.310 e. The van der Waals surface area contributed by atoms with Crippen LogP contribution in [-0.2, 0) is 6.54 Å². The van der Waals surface area contributed by atoms with E-state index in [2.05, 4.69) is 35.1 Å². The van der Waals surface area contributed by atoms with Crippen LogP contribution in [0.15, 0.2) is 22.7 Å². The summed E-state index contributed by atoms with van der Waals surface area (Å²) in [5, 5.41) is 3.41. The van der Waals surface area contributed by atoms with E-state index in [0.29, 0.717) is 18.0 Å². The second-order valence-corrected chi connectivity index (χ2v) is 5.91. The van der Waals surface area contributed by atoms with E-state index < -0.39 is 0 Å². The molecular formula is C13H17BrFN. The SMILES string of the molecule is CC(NCc1cc(Br)ccc1F)C1(C)CC1. The number of rotatable bonds is 4. The molecule has 0 saturated heterocycles. The molecule has 1 unspecified atom stereocenters. The maximum atomic E-state index is 13.5. The smallest absolute Gasteiger partial charge is 0.127 e. The highest BCUT2D eigenvalue weighted by Crippen LogP contribution is 2.47. The Bertz CT molecular complexity index is 388. The quantitative estimate of drug-likeness (QED) is 0.886. The first-order chi connectivity index (χ1) is 7.51. The van der Waals surface area contributed by atoms with Crippen LogP contribution in [0.5, 0.6) is 0 Å². The van der Waals surface area contributed by atoms with Gasteiger partial charge in [0.05, 0.1) is 0 Å². The molecule has 3 heteroatoms. The first-order valence-corrected chi connectivity index (χ1v) is 6.48. The maximum Gasteiger partial charge on any atom is 0.127 e. The molecular weight excluding hydrogens is 269 g/mol. The van der Waals surface area contributed by atoms with Gasteiger partial charge in [-0.2, -0.15) is 0 Å². The lowest BCUT2D eigenvalue weighted by Crippen LogP contribution is -2.33. The number of nitrogens with one attached hydrogen (secondary N) is 1. The Morgan fingerprint density at radius 2 is 2.19 bits per heavy atom. The van der Waals surface area contributed by atoms with Gasteiger partial charge in [-0.25, -0.2) is 4.39 Å². The topological polar surface area (TPSA) is 12.0 Å². The van der Waals surface area contributed by atoms with Crippen LogP contribution in [0.2, 0.25) is 0 Å². The van der Waals surface area contributed by atoms with Gasteiger partial charge in [-0.3, -0.25) is 0 Å². The van der Waals surface area contributed by atoms with Crippen molar-refractivity contribution in [2.24, 2.45) is 5.41 Å². The summed E-state index contributed by atoms with van der Waals surface area (Å²) in [6.45, 7) is 5.06. The number of hydrogen-bond acceptors (Lipinski definition) is 1. The molecule has 0 amide bonds. The molecule has 0 spiro atoms. The fourth-order valence-electron chi connectivity index (χ4n) is 1.82. The zero-order valence-corrected chi connectivity index (χ0v) is 11.3. The van der Waals surface area contributed by atoms with Crippen molar-refractivity contribution >= 4 is 15.9 Å². The van der Waals surface area contributed by atoms with Gasteiger partial charge in [0.25, 0.3) is 0 Å². The van der Waals surface area contributed by atoms with Crippen molar-refractivity contribution in [3.63, 3.8) is 0 Å². The van der Waals surface area contributed by atoms with Gasteiger partial charge in [-0.15, -0.1) is 0 Å². The summed E-state index contributed by atoms with van der Waals surface area (Å²) in [4.78, 5) is 0. The van der Waals surface area contributed by atoms with Crippen LogP contribution in [0, 0.1) is 11.2 Å². The predicted molar refractivity (Wildman–Crippen MR) is 67.7 cm³/mol. The van der Waals surface area contributed by atoms with Crippen LogP contribution in [0.1, 0.15) is 32.3 Å². The van der Waals surface area contributed by atoms with Gasteiger partial charge in [-0.1, -0.05) is 22.9 Å². The standard InChI is InChI=1S/C13H17BrFN/c1-9(13(2)5-6-13)16-8-10-7-11(14)3-4-12(10)15/h3-4,7,9,16H,5-6,8H2,1-2H3. The zero-order chi connectivity index (χ0) is 11.8. The van der Waals surface area contributed by atoms with Gasteiger partial charge in [0.2, 0.25) is 0 Å². The van der Waals surface area contributed by atoms with Crippen molar-refractivity contribution in [3.05, 3.63) is 34.1 Å². The third-order valence-electron chi connectivity index (χ3n) is 3.69. The highest BCUT2D eigenvalue weighted by Gasteiger charge is 2.42. The Morgan fingerprint density at radius 3 is 2.81 bits per heavy atom. The molecule has 1 N–H and O–H groups in total. The third kappa shape index (κ3) is 2.64. The fraction of sp³-hybridized carbons (Fsp3) is 0.538. The molecule has 0 aliphatic heterocycles.